The number of phenolic OH excluding ortho intramolecular Hbond substituents is 1. The predicted molar refractivity (Wildman–Crippen MR) is 98.2 cm³/mol. The number of rotatable bonds is 6. The van der Waals surface area contributed by atoms with E-state index < -0.39 is 24.0 Å². The number of carboxylic acid groups (broad SMARTS) is 2. The van der Waals surface area contributed by atoms with E-state index in [2.05, 4.69) is 0 Å². The fourth-order valence-corrected chi connectivity index (χ4v) is 1.93. The number of benzene rings is 2. The van der Waals surface area contributed by atoms with Gasteiger partial charge in [0, 0.05) is 0 Å². The molecular weight excluding hydrogens is 338 g/mol. The topological polar surface area (TPSA) is 182 Å². The number of phenols is 1. The SMILES string of the molecule is N.N[C@@H](Cc1ccc(O)cc1)C(=O)O.N[C@@H](Cc1ccccc1)C(=O)O. The molecule has 0 saturated heterocycles. The second-order valence-corrected chi connectivity index (χ2v) is 5.45. The van der Waals surface area contributed by atoms with Crippen molar-refractivity contribution in [2.75, 3.05) is 0 Å². The van der Waals surface area contributed by atoms with E-state index >= 15 is 0 Å². The van der Waals surface area contributed by atoms with Crippen LogP contribution in [0.25, 0.3) is 0 Å². The molecule has 0 fully saturated rings. The number of aliphatic carboxylic acids is 2. The number of hydrogen-bond donors (Lipinski definition) is 6. The molecule has 142 valence electrons. The van der Waals surface area contributed by atoms with Crippen molar-refractivity contribution in [1.82, 2.24) is 6.15 Å². The van der Waals surface area contributed by atoms with Crippen LogP contribution >= 0.6 is 0 Å². The molecule has 2 aromatic rings. The van der Waals surface area contributed by atoms with Crippen molar-refractivity contribution in [3.8, 4) is 5.75 Å². The molecule has 2 aromatic carbocycles. The fourth-order valence-electron chi connectivity index (χ4n) is 1.93. The van der Waals surface area contributed by atoms with Gasteiger partial charge in [0.15, 0.2) is 0 Å². The summed E-state index contributed by atoms with van der Waals surface area (Å²) in [4.78, 5) is 20.8. The summed E-state index contributed by atoms with van der Waals surface area (Å²) in [6.07, 6.45) is 0.659. The lowest BCUT2D eigenvalue weighted by atomic mass is 10.1. The summed E-state index contributed by atoms with van der Waals surface area (Å²) in [6.45, 7) is 0. The first-order chi connectivity index (χ1) is 11.8. The Bertz CT molecular complexity index is 677. The Kier molecular flexibility index (Phi) is 10.3. The van der Waals surface area contributed by atoms with Gasteiger partial charge in [-0.3, -0.25) is 9.59 Å². The number of aromatic hydroxyl groups is 1. The van der Waals surface area contributed by atoms with Crippen molar-refractivity contribution >= 4 is 11.9 Å². The van der Waals surface area contributed by atoms with Crippen LogP contribution in [0.3, 0.4) is 0 Å². The second kappa shape index (κ2) is 11.6. The van der Waals surface area contributed by atoms with Gasteiger partial charge in [-0.1, -0.05) is 42.5 Å². The quantitative estimate of drug-likeness (QED) is 0.441. The molecule has 2 rings (SSSR count). The molecule has 8 nitrogen and oxygen atoms in total. The van der Waals surface area contributed by atoms with E-state index in [1.54, 1.807) is 12.1 Å². The maximum absolute atomic E-state index is 10.4. The molecule has 26 heavy (non-hydrogen) atoms. The van der Waals surface area contributed by atoms with Crippen molar-refractivity contribution < 1.29 is 24.9 Å². The number of carboxylic acids is 2. The zero-order chi connectivity index (χ0) is 18.8. The summed E-state index contributed by atoms with van der Waals surface area (Å²) in [7, 11) is 0. The van der Waals surface area contributed by atoms with Crippen LogP contribution in [0.15, 0.2) is 54.6 Å². The Morgan fingerprint density at radius 3 is 1.54 bits per heavy atom. The lowest BCUT2D eigenvalue weighted by Crippen LogP contribution is -2.32. The molecule has 0 aromatic heterocycles. The smallest absolute Gasteiger partial charge is 0.320 e. The third-order valence-electron chi connectivity index (χ3n) is 3.32. The van der Waals surface area contributed by atoms with E-state index in [0.717, 1.165) is 11.1 Å². The maximum Gasteiger partial charge on any atom is 0.320 e. The van der Waals surface area contributed by atoms with Gasteiger partial charge in [-0.05, 0) is 36.1 Å². The van der Waals surface area contributed by atoms with Crippen LogP contribution in [-0.2, 0) is 22.4 Å². The van der Waals surface area contributed by atoms with Crippen molar-refractivity contribution in [2.24, 2.45) is 11.5 Å². The van der Waals surface area contributed by atoms with Gasteiger partial charge in [-0.25, -0.2) is 0 Å². The summed E-state index contributed by atoms with van der Waals surface area (Å²) in [5.74, 6) is -1.82. The summed E-state index contributed by atoms with van der Waals surface area (Å²) in [6, 6.07) is 14.0. The minimum Gasteiger partial charge on any atom is -0.508 e. The van der Waals surface area contributed by atoms with Crippen LogP contribution < -0.4 is 17.6 Å². The molecule has 0 aliphatic carbocycles. The van der Waals surface area contributed by atoms with Crippen molar-refractivity contribution in [3.63, 3.8) is 0 Å². The standard InChI is InChI=1S/C9H11NO3.C9H11NO2.H3N/c10-8(9(12)13)5-6-1-3-7(11)4-2-6;10-8(9(11)12)6-7-4-2-1-3-5-7;/h1-4,8,11H,5,10H2,(H,12,13);1-5,8H,6,10H2,(H,11,12);1H3/t2*8-;/m00./s1. The van der Waals surface area contributed by atoms with Crippen LogP contribution in [0.2, 0.25) is 0 Å². The van der Waals surface area contributed by atoms with Gasteiger partial charge in [-0.15, -0.1) is 0 Å². The molecule has 0 aliphatic heterocycles. The molecule has 0 bridgehead atoms. The Hall–Kier alpha value is -2.94. The molecule has 8 heteroatoms. The third kappa shape index (κ3) is 8.78. The maximum atomic E-state index is 10.4. The van der Waals surface area contributed by atoms with Crippen LogP contribution in [0.1, 0.15) is 11.1 Å². The Balaban J connectivity index is 0.000000464. The Morgan fingerprint density at radius 2 is 1.15 bits per heavy atom. The molecule has 0 unspecified atom stereocenters. The van der Waals surface area contributed by atoms with Gasteiger partial charge in [0.25, 0.3) is 0 Å². The van der Waals surface area contributed by atoms with E-state index in [0.29, 0.717) is 6.42 Å². The first kappa shape index (κ1) is 23.1. The second-order valence-electron chi connectivity index (χ2n) is 5.45. The minimum absolute atomic E-state index is 0. The predicted octanol–water partition coefficient (Wildman–Crippen LogP) is 1.15. The Morgan fingerprint density at radius 1 is 0.769 bits per heavy atom. The summed E-state index contributed by atoms with van der Waals surface area (Å²) in [5.41, 5.74) is 12.4. The van der Waals surface area contributed by atoms with Crippen LogP contribution in [0, 0.1) is 0 Å². The lowest BCUT2D eigenvalue weighted by Gasteiger charge is -2.05. The summed E-state index contributed by atoms with van der Waals surface area (Å²) >= 11 is 0. The van der Waals surface area contributed by atoms with Crippen molar-refractivity contribution in [3.05, 3.63) is 65.7 Å². The van der Waals surface area contributed by atoms with Gasteiger partial charge in [0.05, 0.1) is 0 Å². The third-order valence-corrected chi connectivity index (χ3v) is 3.32. The average molecular weight is 363 g/mol. The fraction of sp³-hybridized carbons (Fsp3) is 0.222. The first-order valence-electron chi connectivity index (χ1n) is 7.58. The Labute approximate surface area is 151 Å². The normalized spacial score (nSPS) is 11.9. The van der Waals surface area contributed by atoms with Gasteiger partial charge in [-0.2, -0.15) is 0 Å². The highest BCUT2D eigenvalue weighted by atomic mass is 16.4. The molecular formula is C18H25N3O5. The van der Waals surface area contributed by atoms with Crippen molar-refractivity contribution in [1.29, 1.82) is 0 Å². The molecule has 0 heterocycles. The first-order valence-corrected chi connectivity index (χ1v) is 7.58. The van der Waals surface area contributed by atoms with E-state index in [1.165, 1.54) is 12.1 Å². The molecule has 10 N–H and O–H groups in total. The van der Waals surface area contributed by atoms with Gasteiger partial charge in [0.1, 0.15) is 17.8 Å². The highest BCUT2D eigenvalue weighted by Gasteiger charge is 2.12. The molecule has 0 spiro atoms. The number of nitrogens with two attached hydrogens (primary N) is 2. The molecule has 0 saturated carbocycles. The zero-order valence-corrected chi connectivity index (χ0v) is 14.3. The highest BCUT2D eigenvalue weighted by Crippen LogP contribution is 2.10. The highest BCUT2D eigenvalue weighted by molar-refractivity contribution is 5.73. The number of hydrogen-bond acceptors (Lipinski definition) is 6. The van der Waals surface area contributed by atoms with E-state index in [-0.39, 0.29) is 18.3 Å². The van der Waals surface area contributed by atoms with Crippen LogP contribution in [0.5, 0.6) is 5.75 Å². The van der Waals surface area contributed by atoms with E-state index in [4.69, 9.17) is 26.8 Å². The van der Waals surface area contributed by atoms with Gasteiger partial charge in [0.2, 0.25) is 0 Å². The lowest BCUT2D eigenvalue weighted by molar-refractivity contribution is -0.139. The molecule has 0 amide bonds. The molecule has 2 atom stereocenters. The van der Waals surface area contributed by atoms with E-state index in [1.807, 2.05) is 30.3 Å². The number of carbonyl (C=O) groups is 2. The average Bonchev–Trinajstić information content (AvgIpc) is 2.58. The largest absolute Gasteiger partial charge is 0.508 e. The minimum atomic E-state index is -1.02. The van der Waals surface area contributed by atoms with Crippen LogP contribution in [0.4, 0.5) is 0 Å². The van der Waals surface area contributed by atoms with Gasteiger partial charge >= 0.3 is 11.9 Å². The zero-order valence-electron chi connectivity index (χ0n) is 14.3. The monoisotopic (exact) mass is 363 g/mol. The van der Waals surface area contributed by atoms with Gasteiger partial charge < -0.3 is 32.9 Å². The van der Waals surface area contributed by atoms with Crippen molar-refractivity contribution in [2.45, 2.75) is 24.9 Å². The summed E-state index contributed by atoms with van der Waals surface area (Å²) in [5, 5.41) is 26.0. The summed E-state index contributed by atoms with van der Waals surface area (Å²) < 4.78 is 0. The van der Waals surface area contributed by atoms with E-state index in [9.17, 15) is 9.59 Å². The van der Waals surface area contributed by atoms with Crippen LogP contribution in [-0.4, -0.2) is 39.3 Å². The molecule has 0 radical (unpaired) electrons. The molecule has 0 aliphatic rings.